The largest absolute Gasteiger partial charge is 0.206 e. The molecule has 2 aromatic rings. The number of hydrogen-bond donors (Lipinski definition) is 0. The van der Waals surface area contributed by atoms with Crippen molar-refractivity contribution < 1.29 is 4.39 Å². The molecule has 0 aromatic heterocycles. The van der Waals surface area contributed by atoms with Crippen LogP contribution in [0.25, 0.3) is 11.1 Å². The number of rotatable bonds is 4. The van der Waals surface area contributed by atoms with Gasteiger partial charge in [-0.05, 0) is 54.7 Å². The van der Waals surface area contributed by atoms with Gasteiger partial charge in [-0.3, -0.25) is 0 Å². The van der Waals surface area contributed by atoms with Crippen molar-refractivity contribution >= 4 is 0 Å². The highest BCUT2D eigenvalue weighted by Gasteiger charge is 2.21. The number of hydrogen-bond acceptors (Lipinski definition) is 0. The molecular formula is C21H25F. The molecule has 1 fully saturated rings. The maximum Gasteiger partial charge on any atom is 0.131 e. The molecule has 0 N–H and O–H groups in total. The Bertz CT molecular complexity index is 592. The van der Waals surface area contributed by atoms with E-state index >= 15 is 0 Å². The van der Waals surface area contributed by atoms with Crippen LogP contribution in [0.4, 0.5) is 4.39 Å². The van der Waals surface area contributed by atoms with E-state index in [9.17, 15) is 4.39 Å². The van der Waals surface area contributed by atoms with Crippen molar-refractivity contribution in [3.8, 4) is 11.1 Å². The summed E-state index contributed by atoms with van der Waals surface area (Å²) in [7, 11) is 0. The lowest BCUT2D eigenvalue weighted by atomic mass is 9.77. The fourth-order valence-corrected chi connectivity index (χ4v) is 3.82. The van der Waals surface area contributed by atoms with Gasteiger partial charge < -0.3 is 0 Å². The van der Waals surface area contributed by atoms with E-state index in [1.807, 2.05) is 12.1 Å². The lowest BCUT2D eigenvalue weighted by molar-refractivity contribution is 0.308. The van der Waals surface area contributed by atoms with E-state index < -0.39 is 0 Å². The average Bonchev–Trinajstić information content (AvgIpc) is 2.57. The molecule has 1 saturated carbocycles. The van der Waals surface area contributed by atoms with Crippen molar-refractivity contribution in [2.45, 2.75) is 51.4 Å². The molecular weight excluding hydrogens is 271 g/mol. The molecule has 0 nitrogen and oxygen atoms in total. The van der Waals surface area contributed by atoms with Crippen molar-refractivity contribution in [3.05, 3.63) is 59.9 Å². The molecule has 22 heavy (non-hydrogen) atoms. The SMILES string of the molecule is CCC[C@H]1CC[C@H](c2ccc(-c3ccccc3F)cc2)CC1. The molecule has 0 unspecified atom stereocenters. The standard InChI is InChI=1S/C21H25F/c1-2-5-16-8-10-17(11-9-16)18-12-14-19(15-13-18)20-6-3-4-7-21(20)22/h3-4,6-7,12-17H,2,5,8-11H2,1H3/t16-,17-. The lowest BCUT2D eigenvalue weighted by Crippen LogP contribution is -2.13. The summed E-state index contributed by atoms with van der Waals surface area (Å²) >= 11 is 0. The van der Waals surface area contributed by atoms with Crippen molar-refractivity contribution in [3.63, 3.8) is 0 Å². The van der Waals surface area contributed by atoms with E-state index in [4.69, 9.17) is 0 Å². The first-order valence-corrected chi connectivity index (χ1v) is 8.62. The van der Waals surface area contributed by atoms with Gasteiger partial charge in [-0.2, -0.15) is 0 Å². The molecule has 2 aromatic carbocycles. The summed E-state index contributed by atoms with van der Waals surface area (Å²) in [5, 5.41) is 0. The molecule has 0 atom stereocenters. The zero-order chi connectivity index (χ0) is 15.4. The second kappa shape index (κ2) is 7.09. The Kier molecular flexibility index (Phi) is 4.92. The average molecular weight is 296 g/mol. The Morgan fingerprint density at radius 3 is 2.23 bits per heavy atom. The van der Waals surface area contributed by atoms with Crippen molar-refractivity contribution in [1.29, 1.82) is 0 Å². The van der Waals surface area contributed by atoms with Crippen molar-refractivity contribution in [1.82, 2.24) is 0 Å². The predicted octanol–water partition coefficient (Wildman–Crippen LogP) is 6.57. The van der Waals surface area contributed by atoms with Gasteiger partial charge in [0.15, 0.2) is 0 Å². The van der Waals surface area contributed by atoms with Crippen LogP contribution in [0.2, 0.25) is 0 Å². The highest BCUT2D eigenvalue weighted by atomic mass is 19.1. The summed E-state index contributed by atoms with van der Waals surface area (Å²) in [5.41, 5.74) is 3.09. The van der Waals surface area contributed by atoms with Crippen LogP contribution in [0, 0.1) is 11.7 Å². The van der Waals surface area contributed by atoms with Crippen molar-refractivity contribution in [2.24, 2.45) is 5.92 Å². The van der Waals surface area contributed by atoms with Crippen LogP contribution in [-0.4, -0.2) is 0 Å². The van der Waals surface area contributed by atoms with Crippen LogP contribution >= 0.6 is 0 Å². The molecule has 0 radical (unpaired) electrons. The van der Waals surface area contributed by atoms with Crippen LogP contribution < -0.4 is 0 Å². The smallest absolute Gasteiger partial charge is 0.131 e. The van der Waals surface area contributed by atoms with Crippen LogP contribution in [-0.2, 0) is 0 Å². The monoisotopic (exact) mass is 296 g/mol. The van der Waals surface area contributed by atoms with Crippen LogP contribution in [0.5, 0.6) is 0 Å². The van der Waals surface area contributed by atoms with Gasteiger partial charge in [-0.15, -0.1) is 0 Å². The Morgan fingerprint density at radius 1 is 0.909 bits per heavy atom. The summed E-state index contributed by atoms with van der Waals surface area (Å²) in [6.07, 6.45) is 8.06. The quantitative estimate of drug-likeness (QED) is 0.598. The normalized spacial score (nSPS) is 21.7. The van der Waals surface area contributed by atoms with Gasteiger partial charge in [0.25, 0.3) is 0 Å². The predicted molar refractivity (Wildman–Crippen MR) is 91.4 cm³/mol. The molecule has 0 amide bonds. The second-order valence-corrected chi connectivity index (χ2v) is 6.61. The topological polar surface area (TPSA) is 0 Å². The summed E-state index contributed by atoms with van der Waals surface area (Å²) in [5.74, 6) is 1.50. The molecule has 0 spiro atoms. The number of halogens is 1. The lowest BCUT2D eigenvalue weighted by Gasteiger charge is -2.28. The fraction of sp³-hybridized carbons (Fsp3) is 0.429. The zero-order valence-electron chi connectivity index (χ0n) is 13.4. The maximum atomic E-state index is 13.8. The van der Waals surface area contributed by atoms with Crippen LogP contribution in [0.3, 0.4) is 0 Å². The molecule has 116 valence electrons. The summed E-state index contributed by atoms with van der Waals surface area (Å²) < 4.78 is 13.8. The van der Waals surface area contributed by atoms with Gasteiger partial charge in [-0.25, -0.2) is 4.39 Å². The van der Waals surface area contributed by atoms with E-state index in [1.165, 1.54) is 50.2 Å². The Labute approximate surface area is 133 Å². The van der Waals surface area contributed by atoms with Crippen LogP contribution in [0.1, 0.15) is 56.9 Å². The third kappa shape index (κ3) is 3.40. The van der Waals surface area contributed by atoms with Crippen LogP contribution in [0.15, 0.2) is 48.5 Å². The maximum absolute atomic E-state index is 13.8. The van der Waals surface area contributed by atoms with Gasteiger partial charge in [0.1, 0.15) is 5.82 Å². The first kappa shape index (κ1) is 15.3. The van der Waals surface area contributed by atoms with E-state index in [-0.39, 0.29) is 5.82 Å². The Hall–Kier alpha value is -1.63. The van der Waals surface area contributed by atoms with E-state index in [1.54, 1.807) is 6.07 Å². The molecule has 0 aliphatic heterocycles. The third-order valence-corrected chi connectivity index (χ3v) is 5.11. The third-order valence-electron chi connectivity index (χ3n) is 5.11. The first-order chi connectivity index (χ1) is 10.8. The minimum Gasteiger partial charge on any atom is -0.206 e. The zero-order valence-corrected chi connectivity index (χ0v) is 13.4. The molecule has 0 heterocycles. The number of benzene rings is 2. The molecule has 1 aliphatic carbocycles. The van der Waals surface area contributed by atoms with Gasteiger partial charge in [0.2, 0.25) is 0 Å². The minimum atomic E-state index is -0.143. The summed E-state index contributed by atoms with van der Waals surface area (Å²) in [4.78, 5) is 0. The Balaban J connectivity index is 1.69. The van der Waals surface area contributed by atoms with Gasteiger partial charge in [0, 0.05) is 5.56 Å². The van der Waals surface area contributed by atoms with Gasteiger partial charge >= 0.3 is 0 Å². The van der Waals surface area contributed by atoms with Gasteiger partial charge in [0.05, 0.1) is 0 Å². The highest BCUT2D eigenvalue weighted by molar-refractivity contribution is 5.64. The van der Waals surface area contributed by atoms with Crippen molar-refractivity contribution in [2.75, 3.05) is 0 Å². The summed E-state index contributed by atoms with van der Waals surface area (Å²) in [6.45, 7) is 2.29. The Morgan fingerprint density at radius 2 is 1.59 bits per heavy atom. The molecule has 1 aliphatic rings. The highest BCUT2D eigenvalue weighted by Crippen LogP contribution is 2.38. The van der Waals surface area contributed by atoms with E-state index in [2.05, 4.69) is 31.2 Å². The molecule has 1 heteroatoms. The van der Waals surface area contributed by atoms with Gasteiger partial charge in [-0.1, -0.05) is 62.2 Å². The summed E-state index contributed by atoms with van der Waals surface area (Å²) in [6, 6.07) is 15.6. The first-order valence-electron chi connectivity index (χ1n) is 8.62. The van der Waals surface area contributed by atoms with E-state index in [0.717, 1.165) is 11.5 Å². The minimum absolute atomic E-state index is 0.143. The molecule has 0 bridgehead atoms. The molecule has 0 saturated heterocycles. The van der Waals surface area contributed by atoms with E-state index in [0.29, 0.717) is 11.5 Å². The second-order valence-electron chi connectivity index (χ2n) is 6.61. The molecule has 3 rings (SSSR count). The fourth-order valence-electron chi connectivity index (χ4n) is 3.82.